The molecule has 0 radical (unpaired) electrons. The molecule has 1 atom stereocenters. The molecule has 2 aliphatic rings. The lowest BCUT2D eigenvalue weighted by Crippen LogP contribution is -2.37. The number of thioether (sulfide) groups is 1. The molecule has 0 saturated carbocycles. The number of nitrogens with zero attached hydrogens (tertiary/aromatic N) is 1. The van der Waals surface area contributed by atoms with Crippen molar-refractivity contribution in [3.63, 3.8) is 0 Å². The second-order valence-corrected chi connectivity index (χ2v) is 8.52. The Morgan fingerprint density at radius 1 is 1.15 bits per heavy atom. The number of carbonyl (C=O) groups excluding carboxylic acids is 1. The number of unbranched alkanes of at least 4 members (excludes halogenated alkanes) is 1. The standard InChI is InChI=1S/C18H26NS.C2HF3O2/c1-2-8-17(9-3-1)10-4-5-13-19-14-6-11-18(16-19)12-7-15-20-18;3-2(4,5)1(6)7/h1-3,8-9,16H,4-7,10-15H2;(H,6,7)/q+1;/p-1. The topological polar surface area (TPSA) is 43.1 Å². The molecule has 27 heavy (non-hydrogen) atoms. The lowest BCUT2D eigenvalue weighted by Gasteiger charge is -2.25. The number of halogens is 3. The predicted molar refractivity (Wildman–Crippen MR) is 100 cm³/mol. The fourth-order valence-electron chi connectivity index (χ4n) is 3.53. The summed E-state index contributed by atoms with van der Waals surface area (Å²) >= 11 is 2.21. The van der Waals surface area contributed by atoms with Gasteiger partial charge in [0.05, 0.1) is 4.75 Å². The third kappa shape index (κ3) is 7.56. The number of alkyl halides is 3. The minimum atomic E-state index is -5.19. The molecular weight excluding hydrogens is 375 g/mol. The van der Waals surface area contributed by atoms with Crippen molar-refractivity contribution < 1.29 is 27.6 Å². The first-order chi connectivity index (χ1) is 12.8. The monoisotopic (exact) mass is 401 g/mol. The SMILES string of the molecule is C1=[N+](CCCCc2ccccc2)CCCC12CCCS2.O=C([O-])C(F)(F)F. The number of benzene rings is 1. The molecule has 0 N–H and O–H groups in total. The van der Waals surface area contributed by atoms with Gasteiger partial charge in [0.1, 0.15) is 19.1 Å². The Kier molecular flexibility index (Phi) is 8.20. The Morgan fingerprint density at radius 3 is 2.41 bits per heavy atom. The Morgan fingerprint density at radius 2 is 1.81 bits per heavy atom. The van der Waals surface area contributed by atoms with Crippen LogP contribution in [0.2, 0.25) is 0 Å². The van der Waals surface area contributed by atoms with Crippen LogP contribution < -0.4 is 5.11 Å². The highest BCUT2D eigenvalue weighted by atomic mass is 32.2. The van der Waals surface area contributed by atoms with E-state index >= 15 is 0 Å². The van der Waals surface area contributed by atoms with Gasteiger partial charge in [-0.05, 0) is 43.4 Å². The first-order valence-corrected chi connectivity index (χ1v) is 10.4. The van der Waals surface area contributed by atoms with Gasteiger partial charge >= 0.3 is 6.18 Å². The van der Waals surface area contributed by atoms with Crippen LogP contribution in [0.15, 0.2) is 30.3 Å². The highest BCUT2D eigenvalue weighted by molar-refractivity contribution is 8.01. The zero-order valence-corrected chi connectivity index (χ0v) is 16.2. The summed E-state index contributed by atoms with van der Waals surface area (Å²) < 4.78 is 34.7. The second kappa shape index (κ2) is 10.2. The molecule has 1 aromatic carbocycles. The van der Waals surface area contributed by atoms with E-state index in [1.165, 1.54) is 69.4 Å². The molecule has 0 aliphatic carbocycles. The van der Waals surface area contributed by atoms with Crippen LogP contribution in [-0.2, 0) is 11.2 Å². The number of rotatable bonds is 5. The Labute approximate surface area is 162 Å². The van der Waals surface area contributed by atoms with Crippen LogP contribution in [0.1, 0.15) is 44.1 Å². The van der Waals surface area contributed by atoms with E-state index in [0.29, 0.717) is 4.75 Å². The third-order valence-corrected chi connectivity index (χ3v) is 6.41. The van der Waals surface area contributed by atoms with Gasteiger partial charge in [-0.2, -0.15) is 13.2 Å². The van der Waals surface area contributed by atoms with E-state index in [1.54, 1.807) is 0 Å². The maximum Gasteiger partial charge on any atom is 0.430 e. The van der Waals surface area contributed by atoms with Gasteiger partial charge < -0.3 is 9.90 Å². The maximum atomic E-state index is 10.5. The molecule has 0 bridgehead atoms. The zero-order chi connectivity index (χ0) is 19.8. The van der Waals surface area contributed by atoms with E-state index in [0.717, 1.165) is 0 Å². The van der Waals surface area contributed by atoms with Crippen LogP contribution in [0.5, 0.6) is 0 Å². The van der Waals surface area contributed by atoms with Crippen molar-refractivity contribution in [3.8, 4) is 0 Å². The fourth-order valence-corrected chi connectivity index (χ4v) is 5.02. The Bertz CT molecular complexity index is 626. The summed E-state index contributed by atoms with van der Waals surface area (Å²) in [4.78, 5) is 8.78. The average Bonchev–Trinajstić information content (AvgIpc) is 3.07. The van der Waals surface area contributed by atoms with E-state index in [2.05, 4.69) is 52.9 Å². The summed E-state index contributed by atoms with van der Waals surface area (Å²) in [5.74, 6) is -1.63. The number of carbonyl (C=O) groups is 1. The van der Waals surface area contributed by atoms with Gasteiger partial charge in [-0.25, -0.2) is 4.58 Å². The van der Waals surface area contributed by atoms with Gasteiger partial charge in [0.15, 0.2) is 6.21 Å². The highest BCUT2D eigenvalue weighted by Crippen LogP contribution is 2.41. The Hall–Kier alpha value is -1.50. The molecule has 1 aromatic rings. The molecule has 2 aliphatic heterocycles. The van der Waals surface area contributed by atoms with E-state index in [9.17, 15) is 13.2 Å². The molecule has 0 amide bonds. The lowest BCUT2D eigenvalue weighted by molar-refractivity contribution is -0.530. The third-order valence-electron chi connectivity index (χ3n) is 4.83. The molecule has 1 spiro atoms. The van der Waals surface area contributed by atoms with Crippen molar-refractivity contribution in [1.82, 2.24) is 0 Å². The summed E-state index contributed by atoms with van der Waals surface area (Å²) in [6, 6.07) is 10.9. The maximum absolute atomic E-state index is 10.5. The molecule has 3 rings (SSSR count). The number of aryl methyl sites for hydroxylation is 1. The average molecular weight is 401 g/mol. The lowest BCUT2D eigenvalue weighted by atomic mass is 9.95. The van der Waals surface area contributed by atoms with Crippen molar-refractivity contribution in [2.75, 3.05) is 18.8 Å². The van der Waals surface area contributed by atoms with Crippen LogP contribution in [-0.4, -0.2) is 46.5 Å². The molecular formula is C20H26F3NO2S. The fraction of sp³-hybridized carbons (Fsp3) is 0.600. The minimum Gasteiger partial charge on any atom is -0.542 e. The first-order valence-electron chi connectivity index (χ1n) is 9.37. The van der Waals surface area contributed by atoms with Crippen LogP contribution in [0.4, 0.5) is 13.2 Å². The highest BCUT2D eigenvalue weighted by Gasteiger charge is 2.39. The number of hydrogen-bond donors (Lipinski definition) is 0. The summed E-state index contributed by atoms with van der Waals surface area (Å²) in [5, 5.41) is 8.78. The van der Waals surface area contributed by atoms with Gasteiger partial charge in [-0.15, -0.1) is 11.8 Å². The van der Waals surface area contributed by atoms with Gasteiger partial charge in [-0.1, -0.05) is 30.3 Å². The summed E-state index contributed by atoms with van der Waals surface area (Å²) in [6.45, 7) is 2.54. The van der Waals surface area contributed by atoms with E-state index in [-0.39, 0.29) is 0 Å². The Balaban J connectivity index is 0.000000321. The molecule has 0 aromatic heterocycles. The second-order valence-electron chi connectivity index (χ2n) is 7.01. The van der Waals surface area contributed by atoms with E-state index < -0.39 is 12.1 Å². The van der Waals surface area contributed by atoms with Crippen LogP contribution in [0.3, 0.4) is 0 Å². The minimum absolute atomic E-state index is 0.525. The van der Waals surface area contributed by atoms with Crippen molar-refractivity contribution >= 4 is 23.9 Å². The summed E-state index contributed by atoms with van der Waals surface area (Å²) in [6.07, 6.45) is 6.91. The summed E-state index contributed by atoms with van der Waals surface area (Å²) in [7, 11) is 0. The molecule has 3 nitrogen and oxygen atoms in total. The number of carboxylic acid groups (broad SMARTS) is 1. The van der Waals surface area contributed by atoms with Crippen LogP contribution >= 0.6 is 11.8 Å². The van der Waals surface area contributed by atoms with Gasteiger partial charge in [0, 0.05) is 12.8 Å². The van der Waals surface area contributed by atoms with Gasteiger partial charge in [0.25, 0.3) is 0 Å². The summed E-state index contributed by atoms with van der Waals surface area (Å²) in [5.41, 5.74) is 1.48. The van der Waals surface area contributed by atoms with Crippen molar-refractivity contribution in [3.05, 3.63) is 35.9 Å². The number of carboxylic acids is 1. The van der Waals surface area contributed by atoms with Crippen molar-refractivity contribution in [2.45, 2.75) is 55.9 Å². The normalized spacial score (nSPS) is 22.1. The predicted octanol–water partition coefficient (Wildman–Crippen LogP) is 3.45. The van der Waals surface area contributed by atoms with Gasteiger partial charge in [-0.3, -0.25) is 0 Å². The molecule has 1 unspecified atom stereocenters. The molecule has 7 heteroatoms. The van der Waals surface area contributed by atoms with Crippen LogP contribution in [0.25, 0.3) is 0 Å². The smallest absolute Gasteiger partial charge is 0.430 e. The van der Waals surface area contributed by atoms with E-state index in [4.69, 9.17) is 9.90 Å². The number of hydrogen-bond acceptors (Lipinski definition) is 3. The van der Waals surface area contributed by atoms with E-state index in [1.807, 2.05) is 0 Å². The molecule has 1 fully saturated rings. The molecule has 2 heterocycles. The van der Waals surface area contributed by atoms with Gasteiger partial charge in [0.2, 0.25) is 0 Å². The largest absolute Gasteiger partial charge is 0.542 e. The quantitative estimate of drug-likeness (QED) is 0.561. The first kappa shape index (κ1) is 21.8. The van der Waals surface area contributed by atoms with Crippen molar-refractivity contribution in [1.29, 1.82) is 0 Å². The molecule has 1 saturated heterocycles. The van der Waals surface area contributed by atoms with Crippen LogP contribution in [0, 0.1) is 0 Å². The van der Waals surface area contributed by atoms with Crippen molar-refractivity contribution in [2.24, 2.45) is 0 Å². The number of aliphatic carboxylic acids is 1. The molecule has 150 valence electrons. The zero-order valence-electron chi connectivity index (χ0n) is 15.3.